The summed E-state index contributed by atoms with van der Waals surface area (Å²) in [5, 5.41) is 9.87. The molecule has 0 bridgehead atoms. The third-order valence-corrected chi connectivity index (χ3v) is 8.38. The molecule has 0 spiro atoms. The molecule has 47 heavy (non-hydrogen) atoms. The zero-order valence-electron chi connectivity index (χ0n) is 28.4. The van der Waals surface area contributed by atoms with Gasteiger partial charge in [0.2, 0.25) is 11.8 Å². The van der Waals surface area contributed by atoms with Gasteiger partial charge in [0, 0.05) is 40.7 Å². The number of nitrogens with zero attached hydrogens (tertiary/aromatic N) is 2. The van der Waals surface area contributed by atoms with Crippen LogP contribution in [0.1, 0.15) is 83.8 Å². The van der Waals surface area contributed by atoms with Crippen LogP contribution in [0.25, 0.3) is 0 Å². The molecule has 1 saturated carbocycles. The summed E-state index contributed by atoms with van der Waals surface area (Å²) in [4.78, 5) is 66.6. The first-order chi connectivity index (χ1) is 21.7. The number of carbonyl (C=O) groups is 5. The van der Waals surface area contributed by atoms with E-state index in [1.165, 1.54) is 21.0 Å². The maximum absolute atomic E-state index is 14.8. The number of likely N-dealkylation sites (N-methyl/N-ethyl adjacent to an activating group) is 2. The molecule has 1 heterocycles. The summed E-state index contributed by atoms with van der Waals surface area (Å²) in [5.74, 6) is -3.92. The van der Waals surface area contributed by atoms with Gasteiger partial charge in [-0.2, -0.15) is 4.39 Å². The molecule has 1 aliphatic carbocycles. The Hall–Kier alpha value is -3.87. The molecule has 260 valence electrons. The quantitative estimate of drug-likeness (QED) is 0.185. The van der Waals surface area contributed by atoms with E-state index in [1.54, 1.807) is 32.9 Å². The summed E-state index contributed by atoms with van der Waals surface area (Å²) in [7, 11) is 2.61. The van der Waals surface area contributed by atoms with Crippen molar-refractivity contribution in [2.75, 3.05) is 27.3 Å². The molecule has 1 saturated heterocycles. The van der Waals surface area contributed by atoms with Crippen LogP contribution in [-0.2, 0) is 44.5 Å². The highest BCUT2D eigenvalue weighted by Gasteiger charge is 2.58. The van der Waals surface area contributed by atoms with Crippen LogP contribution in [0.4, 0.5) is 9.18 Å². The maximum Gasteiger partial charge on any atom is 0.410 e. The number of alkyl halides is 1. The molecule has 1 N–H and O–H groups in total. The minimum Gasteiger partial charge on any atom is -0.478 e. The molecule has 2 fully saturated rings. The van der Waals surface area contributed by atoms with Gasteiger partial charge < -0.3 is 29.0 Å². The first kappa shape index (κ1) is 37.6. The number of carboxylic acids is 1. The highest BCUT2D eigenvalue weighted by molar-refractivity contribution is 5.92. The maximum atomic E-state index is 14.8. The lowest BCUT2D eigenvalue weighted by molar-refractivity contribution is -0.173. The average Bonchev–Trinajstić information content (AvgIpc) is 3.80. The van der Waals surface area contributed by atoms with Gasteiger partial charge in [0.25, 0.3) is 5.91 Å². The van der Waals surface area contributed by atoms with Gasteiger partial charge in [0.1, 0.15) is 17.2 Å². The lowest BCUT2D eigenvalue weighted by Crippen LogP contribution is -2.52. The van der Waals surface area contributed by atoms with Crippen LogP contribution < -0.4 is 0 Å². The van der Waals surface area contributed by atoms with Crippen molar-refractivity contribution in [3.63, 3.8) is 0 Å². The van der Waals surface area contributed by atoms with Crippen molar-refractivity contribution >= 4 is 29.9 Å². The van der Waals surface area contributed by atoms with Crippen LogP contribution in [0.15, 0.2) is 24.3 Å². The summed E-state index contributed by atoms with van der Waals surface area (Å²) in [6, 6.07) is 5.79. The predicted octanol–water partition coefficient (Wildman–Crippen LogP) is 4.23. The van der Waals surface area contributed by atoms with Crippen molar-refractivity contribution in [2.24, 2.45) is 0 Å². The number of benzene rings is 1. The van der Waals surface area contributed by atoms with Gasteiger partial charge in [-0.3, -0.25) is 9.69 Å². The van der Waals surface area contributed by atoms with Crippen molar-refractivity contribution in [3.8, 4) is 0 Å². The standard InChI is InChI=1S/C34H47FN2O10/c1-21(45-30(42)34(15-16-34)37(8)31(43)47-32(2,3)4)27(38)36(7)25(20-33(5,6)35)29(41)46-26(28(39)40)19-22-9-11-23(12-10-22)24-13-17-44-18-14-24/h9-12,21,24-26H,5,13-20H2,1-4,6-8H3/p+1/t21-,25+,26-,33?/m1/s1. The highest BCUT2D eigenvalue weighted by atomic mass is 19.1. The van der Waals surface area contributed by atoms with Crippen molar-refractivity contribution in [1.82, 2.24) is 9.80 Å². The number of rotatable bonds is 13. The van der Waals surface area contributed by atoms with E-state index in [0.717, 1.165) is 35.1 Å². The van der Waals surface area contributed by atoms with E-state index >= 15 is 0 Å². The Bertz CT molecular complexity index is 1290. The molecule has 0 radical (unpaired) electrons. The number of hydrogen-bond acceptors (Lipinski definition) is 9. The van der Waals surface area contributed by atoms with Crippen molar-refractivity contribution in [1.29, 1.82) is 0 Å². The van der Waals surface area contributed by atoms with Crippen molar-refractivity contribution in [2.45, 2.75) is 114 Å². The van der Waals surface area contributed by atoms with E-state index in [1.807, 2.05) is 12.1 Å². The van der Waals surface area contributed by atoms with Crippen LogP contribution in [0.2, 0.25) is 0 Å². The Morgan fingerprint density at radius 3 is 2.11 bits per heavy atom. The van der Waals surface area contributed by atoms with Gasteiger partial charge in [-0.1, -0.05) is 24.3 Å². The summed E-state index contributed by atoms with van der Waals surface area (Å²) < 4.78 is 36.4. The van der Waals surface area contributed by atoms with Crippen LogP contribution in [0, 0.1) is 6.92 Å². The van der Waals surface area contributed by atoms with E-state index in [9.17, 15) is 33.5 Å². The molecule has 3 rings (SSSR count). The largest absolute Gasteiger partial charge is 0.478 e. The zero-order chi connectivity index (χ0) is 35.3. The monoisotopic (exact) mass is 663 g/mol. The van der Waals surface area contributed by atoms with Crippen LogP contribution in [0.5, 0.6) is 0 Å². The topological polar surface area (TPSA) is 149 Å². The number of halogens is 1. The second-order valence-corrected chi connectivity index (χ2v) is 13.8. The fraction of sp³-hybridized carbons (Fsp3) is 0.647. The minimum absolute atomic E-state index is 0.155. The lowest BCUT2D eigenvalue weighted by Gasteiger charge is -2.32. The molecule has 13 heteroatoms. The first-order valence-corrected chi connectivity index (χ1v) is 15.8. The van der Waals surface area contributed by atoms with Gasteiger partial charge in [-0.05, 0) is 70.4 Å². The highest BCUT2D eigenvalue weighted by Crippen LogP contribution is 2.43. The smallest absolute Gasteiger partial charge is 0.410 e. The van der Waals surface area contributed by atoms with Crippen molar-refractivity contribution < 1.29 is 52.4 Å². The molecule has 2 aliphatic rings. The third-order valence-electron chi connectivity index (χ3n) is 8.38. The molecule has 1 aromatic carbocycles. The van der Waals surface area contributed by atoms with E-state index in [-0.39, 0.29) is 6.42 Å². The van der Waals surface area contributed by atoms with Gasteiger partial charge in [-0.25, -0.2) is 19.2 Å². The molecular formula is C34H48FN2O10+. The van der Waals surface area contributed by atoms with E-state index in [0.29, 0.717) is 37.5 Å². The predicted molar refractivity (Wildman–Crippen MR) is 168 cm³/mol. The molecule has 12 nitrogen and oxygen atoms in total. The van der Waals surface area contributed by atoms with Crippen LogP contribution >= 0.6 is 0 Å². The van der Waals surface area contributed by atoms with E-state index in [2.05, 4.69) is 6.92 Å². The normalized spacial score (nSPS) is 19.2. The number of ether oxygens (including phenoxy) is 4. The fourth-order valence-electron chi connectivity index (χ4n) is 5.41. The molecule has 2 amide bonds. The molecule has 1 aromatic rings. The van der Waals surface area contributed by atoms with Gasteiger partial charge >= 0.3 is 24.0 Å². The van der Waals surface area contributed by atoms with Crippen molar-refractivity contribution in [3.05, 3.63) is 42.3 Å². The Labute approximate surface area is 275 Å². The van der Waals surface area contributed by atoms with E-state index < -0.39 is 71.4 Å². The summed E-state index contributed by atoms with van der Waals surface area (Å²) in [6.07, 6.45) is -2.18. The number of carboxylic acid groups (broad SMARTS) is 1. The Balaban J connectivity index is 1.69. The second-order valence-electron chi connectivity index (χ2n) is 13.8. The second kappa shape index (κ2) is 14.9. The number of amides is 2. The zero-order valence-corrected chi connectivity index (χ0v) is 28.4. The average molecular weight is 664 g/mol. The van der Waals surface area contributed by atoms with Gasteiger partial charge in [-0.15, -0.1) is 0 Å². The fourth-order valence-corrected chi connectivity index (χ4v) is 5.41. The molecule has 1 aliphatic heterocycles. The Morgan fingerprint density at radius 1 is 1.04 bits per heavy atom. The number of carbonyl (C=O) groups excluding carboxylic acids is 4. The SMILES string of the molecule is [CH2+]C(C)(F)C[C@@H](C(=O)O[C@H](Cc1ccc(C2CCOCC2)cc1)C(=O)O)N(C)C(=O)[C@@H](C)OC(=O)C1(N(C)C(=O)OC(C)(C)C)CC1. The number of aliphatic carboxylic acids is 1. The molecule has 1 unspecified atom stereocenters. The van der Waals surface area contributed by atoms with E-state index in [4.69, 9.17) is 18.9 Å². The van der Waals surface area contributed by atoms with Crippen LogP contribution in [0.3, 0.4) is 0 Å². The number of esters is 2. The van der Waals surface area contributed by atoms with Gasteiger partial charge in [0.05, 0.1) is 13.3 Å². The molecule has 0 aromatic heterocycles. The summed E-state index contributed by atoms with van der Waals surface area (Å²) in [5.41, 5.74) is -2.59. The molecule has 4 atom stereocenters. The Morgan fingerprint density at radius 2 is 1.62 bits per heavy atom. The number of hydrogen-bond donors (Lipinski definition) is 1. The minimum atomic E-state index is -2.20. The van der Waals surface area contributed by atoms with Crippen LogP contribution in [-0.4, -0.2) is 107 Å². The first-order valence-electron chi connectivity index (χ1n) is 15.8. The third kappa shape index (κ3) is 10.3. The Kier molecular flexibility index (Phi) is 11.9. The molecular weight excluding hydrogens is 615 g/mol. The lowest BCUT2D eigenvalue weighted by atomic mass is 9.91. The summed E-state index contributed by atoms with van der Waals surface area (Å²) >= 11 is 0. The van der Waals surface area contributed by atoms with Gasteiger partial charge in [0.15, 0.2) is 6.10 Å². The summed E-state index contributed by atoms with van der Waals surface area (Å²) in [6.45, 7) is 12.2.